The van der Waals surface area contributed by atoms with Crippen LogP contribution in [0.1, 0.15) is 23.8 Å². The van der Waals surface area contributed by atoms with Gasteiger partial charge in [0.05, 0.1) is 12.5 Å². The molecule has 5 nitrogen and oxygen atoms in total. The topological polar surface area (TPSA) is 77.2 Å². The molecular formula is C11H13N3O2. The summed E-state index contributed by atoms with van der Waals surface area (Å²) < 4.78 is 0. The summed E-state index contributed by atoms with van der Waals surface area (Å²) in [5.41, 5.74) is 0.804. The van der Waals surface area contributed by atoms with E-state index < -0.39 is 5.97 Å². The number of pyridine rings is 1. The molecule has 0 saturated carbocycles. The van der Waals surface area contributed by atoms with Gasteiger partial charge in [0, 0.05) is 25.0 Å². The number of carbonyl (C=O) groups is 1. The van der Waals surface area contributed by atoms with Gasteiger partial charge in [-0.25, -0.2) is 9.78 Å². The minimum atomic E-state index is -1.04. The highest BCUT2D eigenvalue weighted by atomic mass is 16.4. The third-order valence-electron chi connectivity index (χ3n) is 2.20. The van der Waals surface area contributed by atoms with Crippen molar-refractivity contribution in [2.45, 2.75) is 13.3 Å². The molecule has 0 saturated heterocycles. The number of aromatic carboxylic acids is 1. The monoisotopic (exact) mass is 219 g/mol. The SMILES string of the molecule is CCN(CCC#N)c1ccnc(C(=O)O)c1. The Balaban J connectivity index is 2.88. The summed E-state index contributed by atoms with van der Waals surface area (Å²) in [6.45, 7) is 3.28. The van der Waals surface area contributed by atoms with Gasteiger partial charge in [-0.05, 0) is 19.1 Å². The Labute approximate surface area is 93.9 Å². The van der Waals surface area contributed by atoms with Crippen LogP contribution in [0.3, 0.4) is 0 Å². The number of nitrogens with zero attached hydrogens (tertiary/aromatic N) is 3. The molecule has 1 aromatic heterocycles. The van der Waals surface area contributed by atoms with Crippen LogP contribution in [0, 0.1) is 11.3 Å². The van der Waals surface area contributed by atoms with Crippen molar-refractivity contribution in [3.8, 4) is 6.07 Å². The van der Waals surface area contributed by atoms with Crippen molar-refractivity contribution in [1.29, 1.82) is 5.26 Å². The standard InChI is InChI=1S/C11H13N3O2/c1-2-14(7-3-5-12)9-4-6-13-10(8-9)11(15)16/h4,6,8H,2-3,7H2,1H3,(H,15,16). The summed E-state index contributed by atoms with van der Waals surface area (Å²) in [6, 6.07) is 5.33. The van der Waals surface area contributed by atoms with Crippen molar-refractivity contribution in [1.82, 2.24) is 4.98 Å². The summed E-state index contributed by atoms with van der Waals surface area (Å²) in [5.74, 6) is -1.04. The van der Waals surface area contributed by atoms with Crippen molar-refractivity contribution >= 4 is 11.7 Å². The van der Waals surface area contributed by atoms with Gasteiger partial charge in [0.2, 0.25) is 0 Å². The first-order valence-electron chi connectivity index (χ1n) is 5.00. The molecule has 0 aliphatic rings. The largest absolute Gasteiger partial charge is 0.477 e. The van der Waals surface area contributed by atoms with Crippen LogP contribution in [0.25, 0.3) is 0 Å². The second-order valence-corrected chi connectivity index (χ2v) is 3.19. The third-order valence-corrected chi connectivity index (χ3v) is 2.20. The Morgan fingerprint density at radius 3 is 3.00 bits per heavy atom. The lowest BCUT2D eigenvalue weighted by atomic mass is 10.2. The second kappa shape index (κ2) is 5.71. The predicted octanol–water partition coefficient (Wildman–Crippen LogP) is 1.52. The summed E-state index contributed by atoms with van der Waals surface area (Å²) in [4.78, 5) is 16.4. The molecule has 0 atom stereocenters. The minimum absolute atomic E-state index is 0.0212. The highest BCUT2D eigenvalue weighted by molar-refractivity contribution is 5.86. The molecule has 0 unspecified atom stereocenters. The van der Waals surface area contributed by atoms with E-state index in [-0.39, 0.29) is 5.69 Å². The molecule has 0 radical (unpaired) electrons. The normalized spacial score (nSPS) is 9.50. The van der Waals surface area contributed by atoms with Crippen molar-refractivity contribution in [2.75, 3.05) is 18.0 Å². The van der Waals surface area contributed by atoms with E-state index in [0.717, 1.165) is 12.2 Å². The molecule has 1 aromatic rings. The summed E-state index contributed by atoms with van der Waals surface area (Å²) in [6.07, 6.45) is 1.88. The number of hydrogen-bond donors (Lipinski definition) is 1. The van der Waals surface area contributed by atoms with Gasteiger partial charge in [-0.3, -0.25) is 0 Å². The molecule has 5 heteroatoms. The van der Waals surface area contributed by atoms with E-state index in [1.165, 1.54) is 12.3 Å². The predicted molar refractivity (Wildman–Crippen MR) is 59.3 cm³/mol. The summed E-state index contributed by atoms with van der Waals surface area (Å²) >= 11 is 0. The number of carboxylic acids is 1. The third kappa shape index (κ3) is 2.95. The maximum absolute atomic E-state index is 10.7. The van der Waals surface area contributed by atoms with Crippen LogP contribution in [0.2, 0.25) is 0 Å². The zero-order valence-electron chi connectivity index (χ0n) is 9.05. The van der Waals surface area contributed by atoms with E-state index in [9.17, 15) is 4.79 Å². The smallest absolute Gasteiger partial charge is 0.354 e. The van der Waals surface area contributed by atoms with Crippen LogP contribution >= 0.6 is 0 Å². The number of hydrogen-bond acceptors (Lipinski definition) is 4. The number of carboxylic acid groups (broad SMARTS) is 1. The first kappa shape index (κ1) is 12.0. The lowest BCUT2D eigenvalue weighted by Gasteiger charge is -2.21. The van der Waals surface area contributed by atoms with Crippen LogP contribution in [0.4, 0.5) is 5.69 Å². The van der Waals surface area contributed by atoms with Crippen LogP contribution in [-0.4, -0.2) is 29.1 Å². The molecule has 84 valence electrons. The van der Waals surface area contributed by atoms with Gasteiger partial charge >= 0.3 is 5.97 Å². The maximum Gasteiger partial charge on any atom is 0.354 e. The van der Waals surface area contributed by atoms with Crippen LogP contribution in [0.5, 0.6) is 0 Å². The van der Waals surface area contributed by atoms with Crippen molar-refractivity contribution in [3.63, 3.8) is 0 Å². The fraction of sp³-hybridized carbons (Fsp3) is 0.364. The van der Waals surface area contributed by atoms with Crippen molar-refractivity contribution < 1.29 is 9.90 Å². The van der Waals surface area contributed by atoms with E-state index in [1.54, 1.807) is 6.07 Å². The van der Waals surface area contributed by atoms with Crippen LogP contribution in [-0.2, 0) is 0 Å². The second-order valence-electron chi connectivity index (χ2n) is 3.19. The number of nitriles is 1. The van der Waals surface area contributed by atoms with E-state index in [1.807, 2.05) is 11.8 Å². The van der Waals surface area contributed by atoms with E-state index in [4.69, 9.17) is 10.4 Å². The maximum atomic E-state index is 10.7. The van der Waals surface area contributed by atoms with Gasteiger partial charge < -0.3 is 10.0 Å². The molecule has 1 N–H and O–H groups in total. The van der Waals surface area contributed by atoms with E-state index >= 15 is 0 Å². The number of aromatic nitrogens is 1. The highest BCUT2D eigenvalue weighted by Crippen LogP contribution is 2.14. The Morgan fingerprint density at radius 1 is 1.69 bits per heavy atom. The molecule has 0 spiro atoms. The quantitative estimate of drug-likeness (QED) is 0.812. The fourth-order valence-electron chi connectivity index (χ4n) is 1.39. The van der Waals surface area contributed by atoms with Gasteiger partial charge in [-0.2, -0.15) is 5.26 Å². The zero-order chi connectivity index (χ0) is 12.0. The first-order valence-corrected chi connectivity index (χ1v) is 5.00. The lowest BCUT2D eigenvalue weighted by molar-refractivity contribution is 0.0690. The Hall–Kier alpha value is -2.09. The molecule has 0 aliphatic carbocycles. The molecule has 0 aromatic carbocycles. The highest BCUT2D eigenvalue weighted by Gasteiger charge is 2.08. The lowest BCUT2D eigenvalue weighted by Crippen LogP contribution is -2.24. The molecule has 0 amide bonds. The van der Waals surface area contributed by atoms with E-state index in [0.29, 0.717) is 13.0 Å². The number of anilines is 1. The number of rotatable bonds is 5. The average Bonchev–Trinajstić information content (AvgIpc) is 2.30. The van der Waals surface area contributed by atoms with Crippen LogP contribution < -0.4 is 4.90 Å². The molecular weight excluding hydrogens is 206 g/mol. The van der Waals surface area contributed by atoms with E-state index in [2.05, 4.69) is 11.1 Å². The molecule has 1 heterocycles. The minimum Gasteiger partial charge on any atom is -0.477 e. The summed E-state index contributed by atoms with van der Waals surface area (Å²) in [7, 11) is 0. The Bertz CT molecular complexity index is 412. The van der Waals surface area contributed by atoms with Gasteiger partial charge in [0.1, 0.15) is 5.69 Å². The van der Waals surface area contributed by atoms with Gasteiger partial charge in [-0.15, -0.1) is 0 Å². The fourth-order valence-corrected chi connectivity index (χ4v) is 1.39. The summed E-state index contributed by atoms with van der Waals surface area (Å²) in [5, 5.41) is 17.3. The Kier molecular flexibility index (Phi) is 4.28. The molecule has 0 bridgehead atoms. The molecule has 0 aliphatic heterocycles. The molecule has 16 heavy (non-hydrogen) atoms. The first-order chi connectivity index (χ1) is 7.69. The van der Waals surface area contributed by atoms with Crippen molar-refractivity contribution in [3.05, 3.63) is 24.0 Å². The van der Waals surface area contributed by atoms with Crippen molar-refractivity contribution in [2.24, 2.45) is 0 Å². The molecule has 0 fully saturated rings. The zero-order valence-corrected chi connectivity index (χ0v) is 9.05. The van der Waals surface area contributed by atoms with Crippen LogP contribution in [0.15, 0.2) is 18.3 Å². The average molecular weight is 219 g/mol. The Morgan fingerprint density at radius 2 is 2.44 bits per heavy atom. The van der Waals surface area contributed by atoms with Gasteiger partial charge in [0.25, 0.3) is 0 Å². The van der Waals surface area contributed by atoms with Gasteiger partial charge in [-0.1, -0.05) is 0 Å². The molecule has 1 rings (SSSR count). The van der Waals surface area contributed by atoms with Gasteiger partial charge in [0.15, 0.2) is 0 Å².